The predicted octanol–water partition coefficient (Wildman–Crippen LogP) is 4.06. The molecular weight excluding hydrogens is 368 g/mol. The minimum atomic E-state index is -0.162. The molecule has 0 N–H and O–H groups in total. The Hall–Kier alpha value is -2.14. The quantitative estimate of drug-likeness (QED) is 0.782. The summed E-state index contributed by atoms with van der Waals surface area (Å²) in [5.41, 5.74) is 2.36. The Bertz CT molecular complexity index is 810. The van der Waals surface area contributed by atoms with Crippen molar-refractivity contribution >= 4 is 23.2 Å². The third kappa shape index (κ3) is 4.14. The zero-order valence-corrected chi connectivity index (χ0v) is 17.3. The van der Waals surface area contributed by atoms with Crippen LogP contribution in [0.2, 0.25) is 0 Å². The van der Waals surface area contributed by atoms with Gasteiger partial charge >= 0.3 is 0 Å². The molecule has 148 valence electrons. The molecule has 28 heavy (non-hydrogen) atoms. The number of amides is 2. The van der Waals surface area contributed by atoms with E-state index in [1.807, 2.05) is 11.9 Å². The second-order valence-electron chi connectivity index (χ2n) is 8.10. The molecule has 1 saturated carbocycles. The number of carbonyl (C=O) groups is 2. The smallest absolute Gasteiger partial charge is 0.227 e. The summed E-state index contributed by atoms with van der Waals surface area (Å²) < 4.78 is 0. The van der Waals surface area contributed by atoms with E-state index in [0.29, 0.717) is 26.1 Å². The molecule has 0 spiro atoms. The number of nitrogens with zero attached hydrogens (tertiary/aromatic N) is 2. The van der Waals surface area contributed by atoms with Crippen molar-refractivity contribution in [2.45, 2.75) is 32.1 Å². The van der Waals surface area contributed by atoms with Gasteiger partial charge in [-0.15, -0.1) is 11.3 Å². The fraction of sp³-hybridized carbons (Fsp3) is 0.478. The van der Waals surface area contributed by atoms with Gasteiger partial charge in [-0.2, -0.15) is 0 Å². The molecule has 1 aliphatic carbocycles. The SMILES string of the molecule is CN1CCN(C(=O)C2CCCC2)C[C@@H](Cc2ccc(-c3cccs3)cc2)C1=O. The van der Waals surface area contributed by atoms with E-state index < -0.39 is 0 Å². The van der Waals surface area contributed by atoms with E-state index in [1.165, 1.54) is 10.4 Å². The molecule has 2 heterocycles. The lowest BCUT2D eigenvalue weighted by Gasteiger charge is -2.26. The Morgan fingerprint density at radius 1 is 1.11 bits per heavy atom. The summed E-state index contributed by atoms with van der Waals surface area (Å²) in [6.07, 6.45) is 5.01. The first-order valence-corrected chi connectivity index (χ1v) is 11.2. The van der Waals surface area contributed by atoms with Crippen LogP contribution in [-0.2, 0) is 16.0 Å². The van der Waals surface area contributed by atoms with E-state index in [2.05, 4.69) is 41.8 Å². The minimum Gasteiger partial charge on any atom is -0.344 e. The van der Waals surface area contributed by atoms with Crippen molar-refractivity contribution in [3.8, 4) is 10.4 Å². The third-order valence-corrected chi connectivity index (χ3v) is 7.05. The maximum absolute atomic E-state index is 12.9. The van der Waals surface area contributed by atoms with E-state index in [9.17, 15) is 9.59 Å². The Balaban J connectivity index is 1.47. The van der Waals surface area contributed by atoms with Crippen LogP contribution in [0.3, 0.4) is 0 Å². The molecule has 0 radical (unpaired) electrons. The fourth-order valence-corrected chi connectivity index (χ4v) is 5.18. The van der Waals surface area contributed by atoms with Gasteiger partial charge in [0.2, 0.25) is 11.8 Å². The highest BCUT2D eigenvalue weighted by atomic mass is 32.1. The van der Waals surface area contributed by atoms with Gasteiger partial charge in [-0.3, -0.25) is 9.59 Å². The number of carbonyl (C=O) groups excluding carboxylic acids is 2. The minimum absolute atomic E-state index is 0.157. The van der Waals surface area contributed by atoms with E-state index in [1.54, 1.807) is 16.2 Å². The summed E-state index contributed by atoms with van der Waals surface area (Å²) in [6, 6.07) is 12.7. The van der Waals surface area contributed by atoms with Gasteiger partial charge in [0.15, 0.2) is 0 Å². The van der Waals surface area contributed by atoms with Gasteiger partial charge in [0.1, 0.15) is 0 Å². The maximum Gasteiger partial charge on any atom is 0.227 e. The van der Waals surface area contributed by atoms with E-state index in [-0.39, 0.29) is 23.7 Å². The van der Waals surface area contributed by atoms with Crippen LogP contribution in [-0.4, -0.2) is 48.3 Å². The molecule has 4 nitrogen and oxygen atoms in total. The molecule has 1 aromatic carbocycles. The Morgan fingerprint density at radius 3 is 2.54 bits per heavy atom. The normalized spacial score (nSPS) is 21.2. The van der Waals surface area contributed by atoms with Crippen LogP contribution in [0.1, 0.15) is 31.2 Å². The molecule has 1 saturated heterocycles. The zero-order chi connectivity index (χ0) is 19.5. The van der Waals surface area contributed by atoms with Crippen LogP contribution in [0.25, 0.3) is 10.4 Å². The van der Waals surface area contributed by atoms with Crippen molar-refractivity contribution in [3.63, 3.8) is 0 Å². The summed E-state index contributed by atoms with van der Waals surface area (Å²) in [7, 11) is 1.86. The second-order valence-corrected chi connectivity index (χ2v) is 9.05. The van der Waals surface area contributed by atoms with Crippen LogP contribution in [0, 0.1) is 11.8 Å². The second kappa shape index (κ2) is 8.48. The molecule has 2 aromatic rings. The monoisotopic (exact) mass is 396 g/mol. The number of hydrogen-bond donors (Lipinski definition) is 0. The number of thiophene rings is 1. The van der Waals surface area contributed by atoms with Gasteiger partial charge in [-0.05, 0) is 41.8 Å². The Kier molecular flexibility index (Phi) is 5.81. The molecule has 4 rings (SSSR count). The van der Waals surface area contributed by atoms with Gasteiger partial charge in [-0.1, -0.05) is 43.2 Å². The number of benzene rings is 1. The van der Waals surface area contributed by atoms with Crippen LogP contribution in [0.15, 0.2) is 41.8 Å². The zero-order valence-electron chi connectivity index (χ0n) is 16.5. The molecular formula is C23H28N2O2S. The predicted molar refractivity (Wildman–Crippen MR) is 113 cm³/mol. The van der Waals surface area contributed by atoms with Crippen molar-refractivity contribution in [1.82, 2.24) is 9.80 Å². The number of rotatable bonds is 4. The lowest BCUT2D eigenvalue weighted by atomic mass is 9.96. The molecule has 2 aliphatic rings. The van der Waals surface area contributed by atoms with Gasteiger partial charge < -0.3 is 9.80 Å². The van der Waals surface area contributed by atoms with E-state index in [0.717, 1.165) is 31.2 Å². The van der Waals surface area contributed by atoms with E-state index >= 15 is 0 Å². The summed E-state index contributed by atoms with van der Waals surface area (Å²) in [4.78, 5) is 30.8. The Labute approximate surface area is 171 Å². The van der Waals surface area contributed by atoms with Crippen LogP contribution < -0.4 is 0 Å². The molecule has 0 bridgehead atoms. The highest BCUT2D eigenvalue weighted by molar-refractivity contribution is 7.13. The Morgan fingerprint density at radius 2 is 1.86 bits per heavy atom. The van der Waals surface area contributed by atoms with Crippen molar-refractivity contribution in [3.05, 3.63) is 47.3 Å². The average Bonchev–Trinajstić information content (AvgIpc) is 3.41. The highest BCUT2D eigenvalue weighted by Crippen LogP contribution is 2.29. The first kappa shape index (κ1) is 19.2. The van der Waals surface area contributed by atoms with Gasteiger partial charge in [-0.25, -0.2) is 0 Å². The summed E-state index contributed by atoms with van der Waals surface area (Å²) in [5, 5.41) is 2.08. The standard InChI is InChI=1S/C23H28N2O2S/c1-24-12-13-25(23(27)19-5-2-3-6-19)16-20(22(24)26)15-17-8-10-18(11-9-17)21-7-4-14-28-21/h4,7-11,14,19-20H,2-3,5-6,12-13,15-16H2,1H3/t20-/m1/s1. The van der Waals surface area contributed by atoms with Crippen molar-refractivity contribution in [2.24, 2.45) is 11.8 Å². The van der Waals surface area contributed by atoms with Crippen LogP contribution in [0.5, 0.6) is 0 Å². The molecule has 1 atom stereocenters. The molecule has 0 unspecified atom stereocenters. The fourth-order valence-electron chi connectivity index (χ4n) is 4.44. The summed E-state index contributed by atoms with van der Waals surface area (Å²) in [6.45, 7) is 1.84. The number of hydrogen-bond acceptors (Lipinski definition) is 3. The van der Waals surface area contributed by atoms with E-state index in [4.69, 9.17) is 0 Å². The van der Waals surface area contributed by atoms with Gasteiger partial charge in [0, 0.05) is 37.5 Å². The van der Waals surface area contributed by atoms with Gasteiger partial charge in [0.05, 0.1) is 5.92 Å². The highest BCUT2D eigenvalue weighted by Gasteiger charge is 2.34. The topological polar surface area (TPSA) is 40.6 Å². The van der Waals surface area contributed by atoms with Crippen LogP contribution in [0.4, 0.5) is 0 Å². The summed E-state index contributed by atoms with van der Waals surface area (Å²) >= 11 is 1.73. The average molecular weight is 397 g/mol. The lowest BCUT2D eigenvalue weighted by molar-refractivity contribution is -0.136. The van der Waals surface area contributed by atoms with Crippen molar-refractivity contribution < 1.29 is 9.59 Å². The van der Waals surface area contributed by atoms with Crippen LogP contribution >= 0.6 is 11.3 Å². The maximum atomic E-state index is 12.9. The molecule has 1 aromatic heterocycles. The van der Waals surface area contributed by atoms with Crippen molar-refractivity contribution in [2.75, 3.05) is 26.7 Å². The first-order valence-electron chi connectivity index (χ1n) is 10.3. The molecule has 2 amide bonds. The van der Waals surface area contributed by atoms with Gasteiger partial charge in [0.25, 0.3) is 0 Å². The van der Waals surface area contributed by atoms with Crippen molar-refractivity contribution in [1.29, 1.82) is 0 Å². The third-order valence-electron chi connectivity index (χ3n) is 6.13. The molecule has 1 aliphatic heterocycles. The summed E-state index contributed by atoms with van der Waals surface area (Å²) in [5.74, 6) is 0.428. The first-order chi connectivity index (χ1) is 13.6. The largest absolute Gasteiger partial charge is 0.344 e. The molecule has 5 heteroatoms. The molecule has 2 fully saturated rings. The lowest BCUT2D eigenvalue weighted by Crippen LogP contribution is -2.40. The number of likely N-dealkylation sites (N-methyl/N-ethyl adjacent to an activating group) is 1.